The normalized spacial score (nSPS) is 16.4. The van der Waals surface area contributed by atoms with Crippen LogP contribution in [0, 0.1) is 12.7 Å². The van der Waals surface area contributed by atoms with Crippen molar-refractivity contribution in [2.24, 2.45) is 0 Å². The molecule has 1 aliphatic heterocycles. The summed E-state index contributed by atoms with van der Waals surface area (Å²) in [6.45, 7) is 1.60. The summed E-state index contributed by atoms with van der Waals surface area (Å²) in [6.07, 6.45) is 0. The lowest BCUT2D eigenvalue weighted by Crippen LogP contribution is -2.29. The lowest BCUT2D eigenvalue weighted by Gasteiger charge is -2.22. The number of aliphatic hydroxyl groups is 1. The van der Waals surface area contributed by atoms with E-state index in [9.17, 15) is 19.1 Å². The summed E-state index contributed by atoms with van der Waals surface area (Å²) in [5.74, 6) is -1.53. The molecule has 42 heavy (non-hydrogen) atoms. The smallest absolute Gasteiger partial charge is 0.301 e. The van der Waals surface area contributed by atoms with Gasteiger partial charge in [-0.25, -0.2) is 4.39 Å². The molecule has 1 unspecified atom stereocenters. The fourth-order valence-corrected chi connectivity index (χ4v) is 6.81. The highest BCUT2D eigenvalue weighted by molar-refractivity contribution is 8.00. The molecule has 1 saturated heterocycles. The Hall–Kier alpha value is -4.54. The van der Waals surface area contributed by atoms with E-state index in [0.717, 1.165) is 22.4 Å². The minimum atomic E-state index is -1.01. The number of hydrogen-bond donors (Lipinski definition) is 1. The number of rotatable bonds is 7. The van der Waals surface area contributed by atoms with Crippen LogP contribution in [-0.4, -0.2) is 34.1 Å². The van der Waals surface area contributed by atoms with E-state index in [1.165, 1.54) is 47.2 Å². The molecule has 2 heterocycles. The molecule has 0 radical (unpaired) electrons. The Labute approximate surface area is 249 Å². The summed E-state index contributed by atoms with van der Waals surface area (Å²) in [7, 11) is 1.53. The van der Waals surface area contributed by atoms with Crippen molar-refractivity contribution in [2.75, 3.05) is 12.0 Å². The number of ether oxygens (including phenoxy) is 1. The molecule has 5 aromatic rings. The third-order valence-electron chi connectivity index (χ3n) is 7.15. The van der Waals surface area contributed by atoms with Crippen LogP contribution in [0.25, 0.3) is 16.5 Å². The Kier molecular flexibility index (Phi) is 7.49. The van der Waals surface area contributed by atoms with Crippen LogP contribution in [0.5, 0.6) is 5.75 Å². The van der Waals surface area contributed by atoms with Crippen LogP contribution in [-0.2, 0) is 15.3 Å². The maximum Gasteiger partial charge on any atom is 0.301 e. The van der Waals surface area contributed by atoms with Gasteiger partial charge in [-0.1, -0.05) is 89.8 Å². The van der Waals surface area contributed by atoms with Gasteiger partial charge in [-0.15, -0.1) is 10.2 Å². The van der Waals surface area contributed by atoms with Crippen molar-refractivity contribution >= 4 is 56.5 Å². The highest BCUT2D eigenvalue weighted by Crippen LogP contribution is 2.44. The molecule has 1 aliphatic rings. The van der Waals surface area contributed by atoms with E-state index in [1.807, 2.05) is 18.2 Å². The molecule has 1 atom stereocenters. The van der Waals surface area contributed by atoms with Gasteiger partial charge in [0.05, 0.1) is 18.7 Å². The lowest BCUT2D eigenvalue weighted by molar-refractivity contribution is -0.132. The number of benzene rings is 4. The number of methoxy groups -OCH3 is 1. The number of halogens is 1. The minimum absolute atomic E-state index is 0.0956. The molecule has 1 N–H and O–H groups in total. The summed E-state index contributed by atoms with van der Waals surface area (Å²) < 4.78 is 20.3. The number of fused-ring (bicyclic) bond motifs is 1. The molecule has 210 valence electrons. The average Bonchev–Trinajstić information content (AvgIpc) is 3.58. The van der Waals surface area contributed by atoms with Gasteiger partial charge in [-0.3, -0.25) is 14.5 Å². The third-order valence-corrected chi connectivity index (χ3v) is 9.26. The zero-order chi connectivity index (χ0) is 29.4. The van der Waals surface area contributed by atoms with Crippen LogP contribution in [0.3, 0.4) is 0 Å². The molecular formula is C32H24FN3O4S2. The SMILES string of the molecule is COc1ccc(C2C(=C(O)c3ccc(C)c(F)c3)C(=O)C(=O)N2c2nnc(SCc3cccc4ccccc34)s2)cc1. The standard InChI is InChI=1S/C32H24FN3O4S2/c1-18-10-11-21(16-25(18)33)28(37)26-27(20-12-14-23(40-2)15-13-20)36(30(39)29(26)38)31-34-35-32(42-31)41-17-22-8-5-7-19-6-3-4-9-24(19)22/h3-16,27,37H,17H2,1-2H3. The Morgan fingerprint density at radius 2 is 1.79 bits per heavy atom. The van der Waals surface area contributed by atoms with E-state index in [-0.39, 0.29) is 16.3 Å². The maximum absolute atomic E-state index is 14.4. The first kappa shape index (κ1) is 27.6. The number of carbonyl (C=O) groups excluding carboxylic acids is 2. The number of amides is 1. The second-order valence-corrected chi connectivity index (χ2v) is 11.9. The monoisotopic (exact) mass is 597 g/mol. The number of aliphatic hydroxyl groups excluding tert-OH is 1. The Balaban J connectivity index is 1.38. The lowest BCUT2D eigenvalue weighted by atomic mass is 9.95. The first-order chi connectivity index (χ1) is 20.4. The Bertz CT molecular complexity index is 1860. The molecule has 1 aromatic heterocycles. The quantitative estimate of drug-likeness (QED) is 0.0706. The number of thioether (sulfide) groups is 1. The Morgan fingerprint density at radius 1 is 1.02 bits per heavy atom. The number of anilines is 1. The molecule has 10 heteroatoms. The zero-order valence-corrected chi connectivity index (χ0v) is 24.2. The number of aryl methyl sites for hydroxylation is 1. The summed E-state index contributed by atoms with van der Waals surface area (Å²) in [5.41, 5.74) is 2.01. The van der Waals surface area contributed by atoms with E-state index < -0.39 is 29.3 Å². The van der Waals surface area contributed by atoms with Gasteiger partial charge in [0, 0.05) is 11.3 Å². The van der Waals surface area contributed by atoms with E-state index >= 15 is 0 Å². The van der Waals surface area contributed by atoms with Crippen LogP contribution >= 0.6 is 23.1 Å². The van der Waals surface area contributed by atoms with Crippen molar-refractivity contribution in [1.82, 2.24) is 10.2 Å². The van der Waals surface area contributed by atoms with Crippen LogP contribution in [0.4, 0.5) is 9.52 Å². The van der Waals surface area contributed by atoms with Gasteiger partial charge in [0.25, 0.3) is 5.78 Å². The number of aromatic nitrogens is 2. The molecule has 0 aliphatic carbocycles. The zero-order valence-electron chi connectivity index (χ0n) is 22.6. The van der Waals surface area contributed by atoms with Crippen molar-refractivity contribution < 1.29 is 23.8 Å². The van der Waals surface area contributed by atoms with Gasteiger partial charge in [0.1, 0.15) is 17.3 Å². The molecular weight excluding hydrogens is 574 g/mol. The molecule has 6 rings (SSSR count). The number of Topliss-reactive ketones (excluding diaryl/α,β-unsaturated/α-hetero) is 1. The second-order valence-electron chi connectivity index (χ2n) is 9.68. The van der Waals surface area contributed by atoms with Crippen molar-refractivity contribution in [2.45, 2.75) is 23.1 Å². The molecule has 7 nitrogen and oxygen atoms in total. The molecule has 1 amide bonds. The van der Waals surface area contributed by atoms with Crippen LogP contribution in [0.15, 0.2) is 94.8 Å². The van der Waals surface area contributed by atoms with E-state index in [2.05, 4.69) is 34.5 Å². The highest BCUT2D eigenvalue weighted by atomic mass is 32.2. The van der Waals surface area contributed by atoms with E-state index in [0.29, 0.717) is 27.0 Å². The minimum Gasteiger partial charge on any atom is -0.507 e. The van der Waals surface area contributed by atoms with Gasteiger partial charge >= 0.3 is 5.91 Å². The largest absolute Gasteiger partial charge is 0.507 e. The van der Waals surface area contributed by atoms with Gasteiger partial charge in [-0.2, -0.15) is 0 Å². The van der Waals surface area contributed by atoms with Crippen LogP contribution in [0.2, 0.25) is 0 Å². The predicted molar refractivity (Wildman–Crippen MR) is 162 cm³/mol. The topological polar surface area (TPSA) is 92.6 Å². The maximum atomic E-state index is 14.4. The summed E-state index contributed by atoms with van der Waals surface area (Å²) in [5, 5.41) is 22.4. The first-order valence-electron chi connectivity index (χ1n) is 13.0. The van der Waals surface area contributed by atoms with Gasteiger partial charge in [-0.05, 0) is 52.6 Å². The molecule has 0 spiro atoms. The molecule has 4 aromatic carbocycles. The predicted octanol–water partition coefficient (Wildman–Crippen LogP) is 7.07. The number of carbonyl (C=O) groups is 2. The summed E-state index contributed by atoms with van der Waals surface area (Å²) in [6, 6.07) is 24.3. The fourth-order valence-electron chi connectivity index (χ4n) is 4.94. The third kappa shape index (κ3) is 5.03. The highest BCUT2D eigenvalue weighted by Gasteiger charge is 2.48. The van der Waals surface area contributed by atoms with Gasteiger partial charge < -0.3 is 9.84 Å². The van der Waals surface area contributed by atoms with Crippen molar-refractivity contribution in [1.29, 1.82) is 0 Å². The molecule has 1 fully saturated rings. The molecule has 0 bridgehead atoms. The molecule has 0 saturated carbocycles. The first-order valence-corrected chi connectivity index (χ1v) is 14.8. The average molecular weight is 598 g/mol. The number of ketones is 1. The van der Waals surface area contributed by atoms with Gasteiger partial charge in [0.2, 0.25) is 5.13 Å². The van der Waals surface area contributed by atoms with E-state index in [4.69, 9.17) is 4.74 Å². The fraction of sp³-hybridized carbons (Fsp3) is 0.125. The van der Waals surface area contributed by atoms with Crippen molar-refractivity contribution in [3.05, 3.63) is 119 Å². The summed E-state index contributed by atoms with van der Waals surface area (Å²) >= 11 is 2.67. The van der Waals surface area contributed by atoms with Crippen LogP contribution in [0.1, 0.15) is 28.3 Å². The van der Waals surface area contributed by atoms with E-state index in [1.54, 1.807) is 31.2 Å². The van der Waals surface area contributed by atoms with Crippen molar-refractivity contribution in [3.8, 4) is 5.75 Å². The number of nitrogens with zero attached hydrogens (tertiary/aromatic N) is 3. The van der Waals surface area contributed by atoms with Crippen molar-refractivity contribution in [3.63, 3.8) is 0 Å². The Morgan fingerprint density at radius 3 is 2.55 bits per heavy atom. The number of hydrogen-bond acceptors (Lipinski definition) is 8. The second kappa shape index (κ2) is 11.4. The van der Waals surface area contributed by atoms with Crippen LogP contribution < -0.4 is 9.64 Å². The van der Waals surface area contributed by atoms with Gasteiger partial charge in [0.15, 0.2) is 4.34 Å². The summed E-state index contributed by atoms with van der Waals surface area (Å²) in [4.78, 5) is 28.2.